The molecule has 12 nitrogen and oxygen atoms in total. The van der Waals surface area contributed by atoms with E-state index in [2.05, 4.69) is 59.2 Å². The van der Waals surface area contributed by atoms with Crippen molar-refractivity contribution in [3.8, 4) is 5.75 Å². The summed E-state index contributed by atoms with van der Waals surface area (Å²) in [4.78, 5) is 20.2. The molecule has 2 aromatic carbocycles. The fourth-order valence-corrected chi connectivity index (χ4v) is 7.59. The van der Waals surface area contributed by atoms with Crippen LogP contribution in [-0.4, -0.2) is 98.7 Å². The summed E-state index contributed by atoms with van der Waals surface area (Å²) in [6.07, 6.45) is 4.09. The normalized spacial score (nSPS) is 17.2. The van der Waals surface area contributed by atoms with Crippen LogP contribution in [0.1, 0.15) is 26.7 Å². The van der Waals surface area contributed by atoms with Gasteiger partial charge in [0, 0.05) is 69.3 Å². The van der Waals surface area contributed by atoms with E-state index in [1.54, 1.807) is 51.4 Å². The number of sulfonamides is 1. The second-order valence-electron chi connectivity index (χ2n) is 12.1. The molecule has 0 radical (unpaired) electrons. The molecule has 2 saturated heterocycles. The van der Waals surface area contributed by atoms with E-state index in [4.69, 9.17) is 9.72 Å². The van der Waals surface area contributed by atoms with Crippen LogP contribution in [0.15, 0.2) is 59.6 Å². The van der Waals surface area contributed by atoms with E-state index >= 15 is 0 Å². The number of hydrogen-bond acceptors (Lipinski definition) is 10. The number of rotatable bonds is 10. The molecule has 45 heavy (non-hydrogen) atoms. The fourth-order valence-electron chi connectivity index (χ4n) is 6.17. The molecule has 0 atom stereocenters. The number of fused-ring (bicyclic) bond motifs is 1. The molecular formula is C32H43N9O3S. The van der Waals surface area contributed by atoms with Gasteiger partial charge in [-0.05, 0) is 64.1 Å². The van der Waals surface area contributed by atoms with Crippen molar-refractivity contribution in [1.82, 2.24) is 29.5 Å². The van der Waals surface area contributed by atoms with Gasteiger partial charge in [0.15, 0.2) is 0 Å². The predicted octanol–water partition coefficient (Wildman–Crippen LogP) is 4.36. The second-order valence-corrected chi connectivity index (χ2v) is 13.8. The van der Waals surface area contributed by atoms with Gasteiger partial charge in [-0.3, -0.25) is 4.90 Å². The number of likely N-dealkylation sites (N-methyl/N-ethyl adjacent to an activating group) is 1. The number of anilines is 5. The molecule has 2 fully saturated rings. The van der Waals surface area contributed by atoms with Gasteiger partial charge in [0.05, 0.1) is 23.9 Å². The van der Waals surface area contributed by atoms with E-state index in [1.165, 1.54) is 0 Å². The van der Waals surface area contributed by atoms with Gasteiger partial charge >= 0.3 is 0 Å². The highest BCUT2D eigenvalue weighted by molar-refractivity contribution is 7.89. The first kappa shape index (κ1) is 31.1. The van der Waals surface area contributed by atoms with Crippen LogP contribution in [0.4, 0.5) is 28.8 Å². The van der Waals surface area contributed by atoms with Crippen LogP contribution < -0.4 is 25.0 Å². The maximum absolute atomic E-state index is 13.1. The van der Waals surface area contributed by atoms with E-state index in [9.17, 15) is 8.42 Å². The molecule has 4 heterocycles. The maximum Gasteiger partial charge on any atom is 0.242 e. The fraction of sp³-hybridized carbons (Fsp3) is 0.438. The first-order chi connectivity index (χ1) is 21.7. The summed E-state index contributed by atoms with van der Waals surface area (Å²) in [5.41, 5.74) is 2.88. The molecular weight excluding hydrogens is 590 g/mol. The van der Waals surface area contributed by atoms with Crippen LogP contribution in [0, 0.1) is 0 Å². The molecule has 4 N–H and O–H groups in total. The largest absolute Gasteiger partial charge is 0.494 e. The van der Waals surface area contributed by atoms with Crippen LogP contribution in [-0.2, 0) is 10.0 Å². The van der Waals surface area contributed by atoms with Crippen molar-refractivity contribution in [2.45, 2.75) is 43.7 Å². The average Bonchev–Trinajstić information content (AvgIpc) is 3.51. The lowest BCUT2D eigenvalue weighted by atomic mass is 10.0. The lowest BCUT2D eigenvalue weighted by molar-refractivity contribution is 0.0982. The molecule has 4 aromatic rings. The standard InChI is InChI=1S/C32H43N9O3S/c1-22(2)38-45(42,43)29-8-6-5-7-27(29)34-31-25-11-14-33-30(25)36-32(37-31)35-26-10-9-24(21-28(26)44-4)40-15-12-23(13-16-40)41-19-17-39(3)18-20-41/h5-11,14,21-23,38H,12-13,15-20H2,1-4H3,(H3,33,34,35,36,37). The number of H-pyrrole nitrogens is 1. The zero-order valence-electron chi connectivity index (χ0n) is 26.4. The van der Waals surface area contributed by atoms with Crippen molar-refractivity contribution in [2.75, 3.05) is 69.0 Å². The zero-order chi connectivity index (χ0) is 31.6. The smallest absolute Gasteiger partial charge is 0.242 e. The highest BCUT2D eigenvalue weighted by Crippen LogP contribution is 2.35. The van der Waals surface area contributed by atoms with Crippen molar-refractivity contribution in [1.29, 1.82) is 0 Å². The molecule has 2 aromatic heterocycles. The van der Waals surface area contributed by atoms with Crippen LogP contribution >= 0.6 is 0 Å². The lowest BCUT2D eigenvalue weighted by Crippen LogP contribution is -2.52. The Morgan fingerprint density at radius 2 is 1.69 bits per heavy atom. The summed E-state index contributed by atoms with van der Waals surface area (Å²) in [7, 11) is 0.117. The van der Waals surface area contributed by atoms with E-state index in [0.717, 1.165) is 68.9 Å². The minimum Gasteiger partial charge on any atom is -0.494 e. The summed E-state index contributed by atoms with van der Waals surface area (Å²) < 4.78 is 34.6. The third-order valence-electron chi connectivity index (χ3n) is 8.55. The minimum absolute atomic E-state index is 0.139. The predicted molar refractivity (Wildman–Crippen MR) is 180 cm³/mol. The Labute approximate surface area is 265 Å². The minimum atomic E-state index is -3.75. The van der Waals surface area contributed by atoms with Crippen molar-refractivity contribution in [3.05, 3.63) is 54.7 Å². The average molecular weight is 634 g/mol. The van der Waals surface area contributed by atoms with Crippen molar-refractivity contribution < 1.29 is 13.2 Å². The first-order valence-corrected chi connectivity index (χ1v) is 17.0. The Kier molecular flexibility index (Phi) is 9.13. The van der Waals surface area contributed by atoms with Crippen molar-refractivity contribution in [3.63, 3.8) is 0 Å². The monoisotopic (exact) mass is 633 g/mol. The van der Waals surface area contributed by atoms with Gasteiger partial charge in [-0.15, -0.1) is 0 Å². The first-order valence-electron chi connectivity index (χ1n) is 15.6. The lowest BCUT2D eigenvalue weighted by Gasteiger charge is -2.42. The number of nitrogens with zero attached hydrogens (tertiary/aromatic N) is 5. The van der Waals surface area contributed by atoms with E-state index in [-0.39, 0.29) is 10.9 Å². The topological polar surface area (TPSA) is 131 Å². The molecule has 240 valence electrons. The van der Waals surface area contributed by atoms with Crippen LogP contribution in [0.5, 0.6) is 5.75 Å². The molecule has 0 bridgehead atoms. The van der Waals surface area contributed by atoms with Crippen LogP contribution in [0.2, 0.25) is 0 Å². The molecule has 13 heteroatoms. The number of piperidine rings is 1. The number of nitrogens with one attached hydrogen (secondary N) is 4. The Balaban J connectivity index is 1.20. The molecule has 2 aliphatic rings. The maximum atomic E-state index is 13.1. The van der Waals surface area contributed by atoms with E-state index in [0.29, 0.717) is 34.9 Å². The number of ether oxygens (including phenoxy) is 1. The molecule has 2 aliphatic heterocycles. The van der Waals surface area contributed by atoms with Gasteiger partial charge in [0.1, 0.15) is 22.1 Å². The van der Waals surface area contributed by atoms with E-state index < -0.39 is 10.0 Å². The molecule has 0 saturated carbocycles. The van der Waals surface area contributed by atoms with Crippen molar-refractivity contribution >= 4 is 49.9 Å². The van der Waals surface area contributed by atoms with Gasteiger partial charge in [-0.2, -0.15) is 9.97 Å². The second kappa shape index (κ2) is 13.2. The summed E-state index contributed by atoms with van der Waals surface area (Å²) in [5, 5.41) is 7.29. The quantitative estimate of drug-likeness (QED) is 0.200. The summed E-state index contributed by atoms with van der Waals surface area (Å²) in [6, 6.07) is 15.2. The van der Waals surface area contributed by atoms with Crippen LogP contribution in [0.3, 0.4) is 0 Å². The van der Waals surface area contributed by atoms with E-state index in [1.807, 2.05) is 12.1 Å². The van der Waals surface area contributed by atoms with Crippen molar-refractivity contribution in [2.24, 2.45) is 0 Å². The molecule has 6 rings (SSSR count). The molecule has 0 aliphatic carbocycles. The number of methoxy groups -OCH3 is 1. The highest BCUT2D eigenvalue weighted by atomic mass is 32.2. The highest BCUT2D eigenvalue weighted by Gasteiger charge is 2.27. The third-order valence-corrected chi connectivity index (χ3v) is 10.3. The SMILES string of the molecule is COc1cc(N2CCC(N3CCN(C)CC3)CC2)ccc1Nc1nc(Nc2ccccc2S(=O)(=O)NC(C)C)c2cc[nH]c2n1. The molecule has 0 unspecified atom stereocenters. The number of para-hydroxylation sites is 1. The number of hydrogen-bond donors (Lipinski definition) is 4. The summed E-state index contributed by atoms with van der Waals surface area (Å²) in [5.74, 6) is 1.50. The Bertz CT molecular complexity index is 1730. The Morgan fingerprint density at radius 3 is 2.42 bits per heavy atom. The number of aromatic nitrogens is 3. The number of aromatic amines is 1. The zero-order valence-corrected chi connectivity index (χ0v) is 27.2. The summed E-state index contributed by atoms with van der Waals surface area (Å²) in [6.45, 7) is 10.2. The van der Waals surface area contributed by atoms with Crippen LogP contribution in [0.25, 0.3) is 11.0 Å². The third kappa shape index (κ3) is 7.01. The molecule has 0 spiro atoms. The number of benzene rings is 2. The van der Waals surface area contributed by atoms with Gasteiger partial charge in [0.2, 0.25) is 16.0 Å². The molecule has 0 amide bonds. The van der Waals surface area contributed by atoms with Gasteiger partial charge in [-0.1, -0.05) is 12.1 Å². The Morgan fingerprint density at radius 1 is 0.933 bits per heavy atom. The van der Waals surface area contributed by atoms with Gasteiger partial charge in [0.25, 0.3) is 0 Å². The van der Waals surface area contributed by atoms with Gasteiger partial charge < -0.3 is 30.2 Å². The summed E-state index contributed by atoms with van der Waals surface area (Å²) >= 11 is 0. The van der Waals surface area contributed by atoms with Gasteiger partial charge in [-0.25, -0.2) is 13.1 Å². The number of piperazine rings is 1. The Hall–Kier alpha value is -3.91.